The Labute approximate surface area is 139 Å². The van der Waals surface area contributed by atoms with Crippen molar-refractivity contribution in [2.24, 2.45) is 0 Å². The standard InChI is InChI=1S/C9H11N5O9S2/c1-3(22-24(16,17)18)6(23-25(19,20)21)4-2-11-7-5(12-4)8(15)14-9(10)13-7/h2-3,6H,1H3,(H,16,17,18)(H,19,20,21)(H3,10,11,13,14,15). The van der Waals surface area contributed by atoms with Crippen LogP contribution in [0.3, 0.4) is 0 Å². The number of nitrogens with zero attached hydrogens (tertiary/aromatic N) is 3. The van der Waals surface area contributed by atoms with E-state index >= 15 is 0 Å². The summed E-state index contributed by atoms with van der Waals surface area (Å²) >= 11 is 0. The highest BCUT2D eigenvalue weighted by Crippen LogP contribution is 2.25. The molecule has 2 unspecified atom stereocenters. The number of aromatic nitrogens is 4. The molecule has 0 saturated heterocycles. The van der Waals surface area contributed by atoms with Crippen molar-refractivity contribution in [3.8, 4) is 0 Å². The summed E-state index contributed by atoms with van der Waals surface area (Å²) in [5, 5.41) is 0. The third-order valence-corrected chi connectivity index (χ3v) is 3.67. The van der Waals surface area contributed by atoms with E-state index in [4.69, 9.17) is 14.8 Å². The van der Waals surface area contributed by atoms with Gasteiger partial charge in [0, 0.05) is 0 Å². The molecule has 2 rings (SSSR count). The highest BCUT2D eigenvalue weighted by Gasteiger charge is 2.31. The fourth-order valence-corrected chi connectivity index (χ4v) is 2.83. The number of rotatable bonds is 6. The molecule has 0 spiro atoms. The molecule has 5 N–H and O–H groups in total. The van der Waals surface area contributed by atoms with Gasteiger partial charge in [-0.2, -0.15) is 21.8 Å². The lowest BCUT2D eigenvalue weighted by Gasteiger charge is -2.20. The van der Waals surface area contributed by atoms with Crippen LogP contribution in [0.4, 0.5) is 5.95 Å². The minimum atomic E-state index is -5.09. The van der Waals surface area contributed by atoms with Gasteiger partial charge in [0.1, 0.15) is 6.10 Å². The minimum Gasteiger partial charge on any atom is -0.369 e. The predicted molar refractivity (Wildman–Crippen MR) is 79.8 cm³/mol. The molecule has 138 valence electrons. The lowest BCUT2D eigenvalue weighted by molar-refractivity contribution is 0.0539. The average Bonchev–Trinajstić information content (AvgIpc) is 2.41. The highest BCUT2D eigenvalue weighted by molar-refractivity contribution is 7.81. The van der Waals surface area contributed by atoms with E-state index in [1.54, 1.807) is 0 Å². The van der Waals surface area contributed by atoms with Crippen molar-refractivity contribution in [1.82, 2.24) is 19.9 Å². The van der Waals surface area contributed by atoms with E-state index < -0.39 is 44.3 Å². The van der Waals surface area contributed by atoms with Crippen molar-refractivity contribution in [1.29, 1.82) is 0 Å². The fourth-order valence-electron chi connectivity index (χ4n) is 1.83. The number of aromatic amines is 1. The summed E-state index contributed by atoms with van der Waals surface area (Å²) in [5.74, 6) is -0.242. The van der Waals surface area contributed by atoms with Crippen LogP contribution in [0.15, 0.2) is 11.0 Å². The molecule has 0 aliphatic rings. The zero-order valence-electron chi connectivity index (χ0n) is 12.2. The minimum absolute atomic E-state index is 0.182. The van der Waals surface area contributed by atoms with E-state index in [1.165, 1.54) is 0 Å². The van der Waals surface area contributed by atoms with Gasteiger partial charge in [-0.1, -0.05) is 0 Å². The van der Waals surface area contributed by atoms with E-state index in [9.17, 15) is 21.6 Å². The van der Waals surface area contributed by atoms with Gasteiger partial charge < -0.3 is 5.73 Å². The normalized spacial score (nSPS) is 15.2. The van der Waals surface area contributed by atoms with Gasteiger partial charge in [0.2, 0.25) is 5.95 Å². The number of fused-ring (bicyclic) bond motifs is 1. The van der Waals surface area contributed by atoms with Crippen LogP contribution in [0.2, 0.25) is 0 Å². The molecular weight excluding hydrogens is 386 g/mol. The second-order valence-electron chi connectivity index (χ2n) is 4.59. The van der Waals surface area contributed by atoms with Crippen LogP contribution in [0.1, 0.15) is 18.7 Å². The molecular formula is C9H11N5O9S2. The van der Waals surface area contributed by atoms with Gasteiger partial charge in [-0.15, -0.1) is 0 Å². The topological polar surface area (TPSA) is 225 Å². The van der Waals surface area contributed by atoms with E-state index in [0.29, 0.717) is 0 Å². The predicted octanol–water partition coefficient (Wildman–Crippen LogP) is -1.64. The summed E-state index contributed by atoms with van der Waals surface area (Å²) in [4.78, 5) is 25.1. The van der Waals surface area contributed by atoms with Crippen molar-refractivity contribution in [2.75, 3.05) is 5.73 Å². The molecule has 2 heterocycles. The Bertz CT molecular complexity index is 1060. The molecule has 0 bridgehead atoms. The van der Waals surface area contributed by atoms with Gasteiger partial charge >= 0.3 is 20.8 Å². The molecule has 14 nitrogen and oxygen atoms in total. The van der Waals surface area contributed by atoms with E-state index in [1.807, 2.05) is 0 Å². The zero-order chi connectivity index (χ0) is 19.0. The van der Waals surface area contributed by atoms with Gasteiger partial charge in [-0.25, -0.2) is 18.3 Å². The molecule has 2 aromatic heterocycles. The third kappa shape index (κ3) is 5.11. The number of hydrogen-bond donors (Lipinski definition) is 4. The largest absolute Gasteiger partial charge is 0.398 e. The van der Waals surface area contributed by atoms with E-state index in [0.717, 1.165) is 13.1 Å². The average molecular weight is 397 g/mol. The van der Waals surface area contributed by atoms with Crippen LogP contribution < -0.4 is 11.3 Å². The monoisotopic (exact) mass is 397 g/mol. The molecule has 0 saturated carbocycles. The first-order chi connectivity index (χ1) is 11.4. The van der Waals surface area contributed by atoms with Crippen LogP contribution in [-0.4, -0.2) is 52.0 Å². The van der Waals surface area contributed by atoms with Crippen LogP contribution in [-0.2, 0) is 29.2 Å². The van der Waals surface area contributed by atoms with Gasteiger partial charge in [-0.3, -0.25) is 18.9 Å². The van der Waals surface area contributed by atoms with Crippen molar-refractivity contribution in [3.63, 3.8) is 0 Å². The second kappa shape index (κ2) is 6.58. The maximum atomic E-state index is 11.8. The quantitative estimate of drug-likeness (QED) is 0.402. The first-order valence-corrected chi connectivity index (χ1v) is 8.92. The van der Waals surface area contributed by atoms with Crippen LogP contribution in [0.25, 0.3) is 11.2 Å². The molecule has 0 fully saturated rings. The molecule has 2 atom stereocenters. The second-order valence-corrected chi connectivity index (χ2v) is 6.69. The Balaban J connectivity index is 2.56. The number of nitrogens with one attached hydrogen (secondary N) is 1. The number of hydrogen-bond acceptors (Lipinski definition) is 11. The van der Waals surface area contributed by atoms with Crippen LogP contribution >= 0.6 is 0 Å². The number of nitrogen functional groups attached to an aromatic ring is 1. The lowest BCUT2D eigenvalue weighted by Crippen LogP contribution is -2.28. The summed E-state index contributed by atoms with van der Waals surface area (Å²) in [5.41, 5.74) is 3.57. The Morgan fingerprint density at radius 1 is 1.16 bits per heavy atom. The van der Waals surface area contributed by atoms with Gasteiger partial charge in [-0.05, 0) is 6.92 Å². The maximum Gasteiger partial charge on any atom is 0.398 e. The van der Waals surface area contributed by atoms with Crippen LogP contribution in [0.5, 0.6) is 0 Å². The molecule has 0 aliphatic heterocycles. The number of anilines is 1. The molecule has 0 amide bonds. The Morgan fingerprint density at radius 3 is 2.32 bits per heavy atom. The van der Waals surface area contributed by atoms with Crippen LogP contribution in [0, 0.1) is 0 Å². The lowest BCUT2D eigenvalue weighted by atomic mass is 10.2. The zero-order valence-corrected chi connectivity index (χ0v) is 13.9. The summed E-state index contributed by atoms with van der Waals surface area (Å²) in [6, 6.07) is 0. The SMILES string of the molecule is CC(OS(=O)(=O)O)C(OS(=O)(=O)O)c1cnc2nc(N)[nH]c(=O)c2n1. The van der Waals surface area contributed by atoms with E-state index in [-0.39, 0.29) is 17.1 Å². The summed E-state index contributed by atoms with van der Waals surface area (Å²) < 4.78 is 69.6. The molecule has 2 aromatic rings. The van der Waals surface area contributed by atoms with Gasteiger partial charge in [0.15, 0.2) is 17.3 Å². The van der Waals surface area contributed by atoms with Crippen molar-refractivity contribution >= 4 is 37.9 Å². The third-order valence-electron chi connectivity index (χ3n) is 2.67. The van der Waals surface area contributed by atoms with Crippen molar-refractivity contribution in [2.45, 2.75) is 19.1 Å². The van der Waals surface area contributed by atoms with E-state index in [2.05, 4.69) is 28.3 Å². The first kappa shape index (κ1) is 19.1. The number of H-pyrrole nitrogens is 1. The summed E-state index contributed by atoms with van der Waals surface area (Å²) in [6.07, 6.45) is -2.65. The highest BCUT2D eigenvalue weighted by atomic mass is 32.3. The molecule has 0 aliphatic carbocycles. The Kier molecular flexibility index (Phi) is 5.02. The summed E-state index contributed by atoms with van der Waals surface area (Å²) in [7, 11) is -10.1. The fraction of sp³-hybridized carbons (Fsp3) is 0.333. The summed E-state index contributed by atoms with van der Waals surface area (Å²) in [6.45, 7) is 1.00. The van der Waals surface area contributed by atoms with Gasteiger partial charge in [0.05, 0.1) is 11.9 Å². The molecule has 16 heteroatoms. The smallest absolute Gasteiger partial charge is 0.369 e. The Morgan fingerprint density at radius 2 is 1.76 bits per heavy atom. The number of nitrogens with two attached hydrogens (primary N) is 1. The van der Waals surface area contributed by atoms with Crippen molar-refractivity contribution in [3.05, 3.63) is 22.2 Å². The maximum absolute atomic E-state index is 11.8. The van der Waals surface area contributed by atoms with Gasteiger partial charge in [0.25, 0.3) is 5.56 Å². The molecule has 0 aromatic carbocycles. The molecule has 0 radical (unpaired) electrons. The molecule has 25 heavy (non-hydrogen) atoms. The first-order valence-electron chi connectivity index (χ1n) is 6.19. The van der Waals surface area contributed by atoms with Crippen molar-refractivity contribution < 1.29 is 34.3 Å². The Hall–Kier alpha value is -2.24.